The lowest BCUT2D eigenvalue weighted by Crippen LogP contribution is -1.97. The van der Waals surface area contributed by atoms with Gasteiger partial charge in [0.2, 0.25) is 0 Å². The fourth-order valence-corrected chi connectivity index (χ4v) is 2.41. The predicted molar refractivity (Wildman–Crippen MR) is 77.8 cm³/mol. The number of nitrogens with one attached hydrogen (secondary N) is 1. The summed E-state index contributed by atoms with van der Waals surface area (Å²) in [5, 5.41) is 2.98. The van der Waals surface area contributed by atoms with Crippen LogP contribution in [0.4, 0.5) is 5.82 Å². The zero-order valence-electron chi connectivity index (χ0n) is 10.9. The highest BCUT2D eigenvalue weighted by molar-refractivity contribution is 9.10. The van der Waals surface area contributed by atoms with E-state index < -0.39 is 0 Å². The number of ether oxygens (including phenoxy) is 2. The van der Waals surface area contributed by atoms with E-state index in [9.17, 15) is 0 Å². The smallest absolute Gasteiger partial charge is 0.146 e. The average molecular weight is 324 g/mol. The zero-order chi connectivity index (χ0) is 13.8. The van der Waals surface area contributed by atoms with Crippen LogP contribution in [0.2, 0.25) is 0 Å². The van der Waals surface area contributed by atoms with Gasteiger partial charge in [-0.05, 0) is 28.1 Å². The summed E-state index contributed by atoms with van der Waals surface area (Å²) in [4.78, 5) is 8.37. The molecule has 0 unspecified atom stereocenters. The maximum Gasteiger partial charge on any atom is 0.146 e. The molecular weight excluding hydrogens is 310 g/mol. The van der Waals surface area contributed by atoms with E-state index in [1.807, 2.05) is 25.2 Å². The SMILES string of the molecule is CNc1cc(-c2ccc(OC)c(Br)c2OC)ncn1. The van der Waals surface area contributed by atoms with Crippen LogP contribution in [-0.4, -0.2) is 31.2 Å². The quantitative estimate of drug-likeness (QED) is 0.937. The van der Waals surface area contributed by atoms with Crippen LogP contribution in [0.1, 0.15) is 0 Å². The third-order valence-corrected chi connectivity index (χ3v) is 3.44. The molecule has 2 rings (SSSR count). The Bertz CT molecular complexity index is 590. The van der Waals surface area contributed by atoms with Crippen molar-refractivity contribution in [2.45, 2.75) is 0 Å². The number of nitrogens with zero attached hydrogens (tertiary/aromatic N) is 2. The van der Waals surface area contributed by atoms with Gasteiger partial charge in [-0.1, -0.05) is 0 Å². The average Bonchev–Trinajstić information content (AvgIpc) is 2.47. The summed E-state index contributed by atoms with van der Waals surface area (Å²) in [5.41, 5.74) is 1.65. The van der Waals surface area contributed by atoms with Gasteiger partial charge in [0.1, 0.15) is 28.1 Å². The lowest BCUT2D eigenvalue weighted by Gasteiger charge is -2.13. The lowest BCUT2D eigenvalue weighted by molar-refractivity contribution is 0.390. The van der Waals surface area contributed by atoms with E-state index in [1.165, 1.54) is 6.33 Å². The molecule has 6 heteroatoms. The first-order chi connectivity index (χ1) is 9.21. The molecule has 0 radical (unpaired) electrons. The van der Waals surface area contributed by atoms with Gasteiger partial charge in [0.25, 0.3) is 0 Å². The molecule has 0 aliphatic carbocycles. The van der Waals surface area contributed by atoms with Crippen LogP contribution < -0.4 is 14.8 Å². The number of hydrogen-bond donors (Lipinski definition) is 1. The Labute approximate surface area is 120 Å². The van der Waals surface area contributed by atoms with Crippen LogP contribution in [-0.2, 0) is 0 Å². The Balaban J connectivity index is 2.58. The summed E-state index contributed by atoms with van der Waals surface area (Å²) in [6.45, 7) is 0. The Hall–Kier alpha value is -1.82. The number of rotatable bonds is 4. The number of benzene rings is 1. The molecule has 0 bridgehead atoms. The highest BCUT2D eigenvalue weighted by Crippen LogP contribution is 2.41. The largest absolute Gasteiger partial charge is 0.495 e. The van der Waals surface area contributed by atoms with Crippen molar-refractivity contribution in [1.29, 1.82) is 0 Å². The molecule has 100 valence electrons. The molecule has 2 aromatic rings. The monoisotopic (exact) mass is 323 g/mol. The van der Waals surface area contributed by atoms with E-state index in [2.05, 4.69) is 31.2 Å². The number of anilines is 1. The first kappa shape index (κ1) is 13.6. The van der Waals surface area contributed by atoms with Gasteiger partial charge in [-0.2, -0.15) is 0 Å². The minimum Gasteiger partial charge on any atom is -0.495 e. The van der Waals surface area contributed by atoms with E-state index in [0.717, 1.165) is 21.5 Å². The van der Waals surface area contributed by atoms with Crippen molar-refractivity contribution in [2.75, 3.05) is 26.6 Å². The van der Waals surface area contributed by atoms with E-state index in [0.29, 0.717) is 11.5 Å². The third-order valence-electron chi connectivity index (χ3n) is 2.68. The first-order valence-electron chi connectivity index (χ1n) is 5.62. The molecule has 1 aromatic heterocycles. The second kappa shape index (κ2) is 5.88. The van der Waals surface area contributed by atoms with E-state index in [4.69, 9.17) is 9.47 Å². The molecule has 0 fully saturated rings. The van der Waals surface area contributed by atoms with Crippen LogP contribution in [0.5, 0.6) is 11.5 Å². The van der Waals surface area contributed by atoms with Gasteiger partial charge in [0.05, 0.1) is 19.9 Å². The fourth-order valence-electron chi connectivity index (χ4n) is 1.74. The van der Waals surface area contributed by atoms with Crippen molar-refractivity contribution in [3.05, 3.63) is 29.0 Å². The van der Waals surface area contributed by atoms with Gasteiger partial charge < -0.3 is 14.8 Å². The van der Waals surface area contributed by atoms with Gasteiger partial charge in [-0.15, -0.1) is 0 Å². The van der Waals surface area contributed by atoms with Crippen LogP contribution in [0.25, 0.3) is 11.3 Å². The van der Waals surface area contributed by atoms with Crippen molar-refractivity contribution in [1.82, 2.24) is 9.97 Å². The number of halogens is 1. The number of methoxy groups -OCH3 is 2. The minimum atomic E-state index is 0.681. The first-order valence-corrected chi connectivity index (χ1v) is 6.41. The highest BCUT2D eigenvalue weighted by atomic mass is 79.9. The summed E-state index contributed by atoms with van der Waals surface area (Å²) in [5.74, 6) is 2.14. The number of aromatic nitrogens is 2. The Morgan fingerprint density at radius 1 is 1.16 bits per heavy atom. The molecule has 19 heavy (non-hydrogen) atoms. The highest BCUT2D eigenvalue weighted by Gasteiger charge is 2.15. The standard InChI is InChI=1S/C13H14BrN3O2/c1-15-11-6-9(16-7-17-11)8-4-5-10(18-2)12(14)13(8)19-3/h4-7H,1-3H3,(H,15,16,17). The van der Waals surface area contributed by atoms with Crippen molar-refractivity contribution in [3.8, 4) is 22.8 Å². The van der Waals surface area contributed by atoms with Crippen molar-refractivity contribution in [2.24, 2.45) is 0 Å². The fraction of sp³-hybridized carbons (Fsp3) is 0.231. The topological polar surface area (TPSA) is 56.3 Å². The molecule has 0 spiro atoms. The molecule has 0 aliphatic rings. The van der Waals surface area contributed by atoms with E-state index >= 15 is 0 Å². The van der Waals surface area contributed by atoms with Crippen molar-refractivity contribution >= 4 is 21.7 Å². The molecule has 0 amide bonds. The van der Waals surface area contributed by atoms with Gasteiger partial charge in [-0.25, -0.2) is 9.97 Å². The summed E-state index contributed by atoms with van der Waals surface area (Å²) in [6.07, 6.45) is 1.51. The number of hydrogen-bond acceptors (Lipinski definition) is 5. The Morgan fingerprint density at radius 3 is 2.58 bits per heavy atom. The summed E-state index contributed by atoms with van der Waals surface area (Å²) in [7, 11) is 5.04. The molecule has 0 saturated carbocycles. The van der Waals surface area contributed by atoms with Crippen LogP contribution in [0, 0.1) is 0 Å². The summed E-state index contributed by atoms with van der Waals surface area (Å²) >= 11 is 3.48. The molecule has 0 atom stereocenters. The van der Waals surface area contributed by atoms with Gasteiger partial charge in [0, 0.05) is 18.7 Å². The van der Waals surface area contributed by atoms with Crippen LogP contribution >= 0.6 is 15.9 Å². The van der Waals surface area contributed by atoms with Gasteiger partial charge in [0.15, 0.2) is 0 Å². The molecule has 0 aliphatic heterocycles. The maximum absolute atomic E-state index is 5.44. The van der Waals surface area contributed by atoms with Crippen molar-refractivity contribution < 1.29 is 9.47 Å². The summed E-state index contributed by atoms with van der Waals surface area (Å²) < 4.78 is 11.5. The van der Waals surface area contributed by atoms with E-state index in [1.54, 1.807) is 14.2 Å². The second-order valence-electron chi connectivity index (χ2n) is 3.70. The maximum atomic E-state index is 5.44. The molecule has 1 heterocycles. The van der Waals surface area contributed by atoms with Crippen LogP contribution in [0.3, 0.4) is 0 Å². The molecule has 0 saturated heterocycles. The Kier molecular flexibility index (Phi) is 4.21. The minimum absolute atomic E-state index is 0.681. The Morgan fingerprint density at radius 2 is 1.95 bits per heavy atom. The predicted octanol–water partition coefficient (Wildman–Crippen LogP) is 2.97. The van der Waals surface area contributed by atoms with E-state index in [-0.39, 0.29) is 0 Å². The van der Waals surface area contributed by atoms with Crippen LogP contribution in [0.15, 0.2) is 29.0 Å². The summed E-state index contributed by atoms with van der Waals surface area (Å²) in [6, 6.07) is 5.63. The van der Waals surface area contributed by atoms with Gasteiger partial charge >= 0.3 is 0 Å². The van der Waals surface area contributed by atoms with Gasteiger partial charge in [-0.3, -0.25) is 0 Å². The third kappa shape index (κ3) is 2.63. The normalized spacial score (nSPS) is 10.1. The second-order valence-corrected chi connectivity index (χ2v) is 4.49. The molecule has 1 aromatic carbocycles. The van der Waals surface area contributed by atoms with Crippen molar-refractivity contribution in [3.63, 3.8) is 0 Å². The molecular formula is C13H14BrN3O2. The molecule has 5 nitrogen and oxygen atoms in total. The lowest BCUT2D eigenvalue weighted by atomic mass is 10.1. The zero-order valence-corrected chi connectivity index (χ0v) is 12.5. The molecule has 1 N–H and O–H groups in total.